The van der Waals surface area contributed by atoms with Crippen LogP contribution in [0.15, 0.2) is 48.5 Å². The van der Waals surface area contributed by atoms with Gasteiger partial charge in [0, 0.05) is 37.4 Å². The summed E-state index contributed by atoms with van der Waals surface area (Å²) >= 11 is 0. The summed E-state index contributed by atoms with van der Waals surface area (Å²) < 4.78 is 0. The van der Waals surface area contributed by atoms with Gasteiger partial charge in [-0.2, -0.15) is 0 Å². The second kappa shape index (κ2) is 6.22. The minimum Gasteiger partial charge on any atom is -0.368 e. The number of hydrogen-bond acceptors (Lipinski definition) is 2. The van der Waals surface area contributed by atoms with E-state index in [1.165, 1.54) is 16.8 Å². The number of carbonyl (C=O) groups excluding carboxylic acids is 1. The van der Waals surface area contributed by atoms with Crippen molar-refractivity contribution >= 4 is 11.6 Å². The van der Waals surface area contributed by atoms with Crippen molar-refractivity contribution < 1.29 is 4.79 Å². The lowest BCUT2D eigenvalue weighted by Crippen LogP contribution is -2.48. The molecule has 1 fully saturated rings. The van der Waals surface area contributed by atoms with Crippen LogP contribution in [0.25, 0.3) is 0 Å². The minimum atomic E-state index is 0.140. The van der Waals surface area contributed by atoms with E-state index in [0.717, 1.165) is 31.7 Å². The summed E-state index contributed by atoms with van der Waals surface area (Å²) in [4.78, 5) is 16.8. The first-order chi connectivity index (χ1) is 10.6. The van der Waals surface area contributed by atoms with Crippen molar-refractivity contribution in [2.75, 3.05) is 31.1 Å². The third kappa shape index (κ3) is 3.14. The largest absolute Gasteiger partial charge is 0.368 e. The Hall–Kier alpha value is -2.29. The molecule has 0 aromatic heterocycles. The summed E-state index contributed by atoms with van der Waals surface area (Å²) in [5, 5.41) is 0. The van der Waals surface area contributed by atoms with Crippen molar-refractivity contribution in [2.24, 2.45) is 0 Å². The lowest BCUT2D eigenvalue weighted by atomic mass is 10.1. The molecule has 1 heterocycles. The summed E-state index contributed by atoms with van der Waals surface area (Å²) in [7, 11) is 0. The molecule has 0 bridgehead atoms. The van der Waals surface area contributed by atoms with Crippen LogP contribution >= 0.6 is 0 Å². The lowest BCUT2D eigenvalue weighted by Gasteiger charge is -2.36. The number of aryl methyl sites for hydroxylation is 2. The van der Waals surface area contributed by atoms with E-state index in [-0.39, 0.29) is 5.91 Å². The highest BCUT2D eigenvalue weighted by atomic mass is 16.2. The van der Waals surface area contributed by atoms with Gasteiger partial charge in [-0.3, -0.25) is 4.79 Å². The van der Waals surface area contributed by atoms with Crippen LogP contribution in [0, 0.1) is 13.8 Å². The molecule has 2 aromatic rings. The predicted octanol–water partition coefficient (Wildman–Crippen LogP) is 3.27. The minimum absolute atomic E-state index is 0.140. The first-order valence-electron chi connectivity index (χ1n) is 7.81. The molecule has 1 saturated heterocycles. The zero-order valence-corrected chi connectivity index (χ0v) is 13.2. The van der Waals surface area contributed by atoms with Gasteiger partial charge in [-0.15, -0.1) is 0 Å². The molecule has 0 aliphatic carbocycles. The SMILES string of the molecule is Cc1cc(C)cc(N2CCN(C(=O)c3ccccc3)CC2)c1. The standard InChI is InChI=1S/C19H22N2O/c1-15-12-16(2)14-18(13-15)20-8-10-21(11-9-20)19(22)17-6-4-3-5-7-17/h3-7,12-14H,8-11H2,1-2H3. The molecule has 3 rings (SSSR count). The first kappa shape index (κ1) is 14.6. The zero-order chi connectivity index (χ0) is 15.5. The highest BCUT2D eigenvalue weighted by Crippen LogP contribution is 2.20. The van der Waals surface area contributed by atoms with Crippen LogP contribution in [-0.2, 0) is 0 Å². The van der Waals surface area contributed by atoms with Crippen LogP contribution in [0.4, 0.5) is 5.69 Å². The molecule has 3 heteroatoms. The summed E-state index contributed by atoms with van der Waals surface area (Å²) in [5.74, 6) is 0.140. The van der Waals surface area contributed by atoms with Gasteiger partial charge < -0.3 is 9.80 Å². The molecule has 114 valence electrons. The second-order valence-electron chi connectivity index (χ2n) is 5.99. The predicted molar refractivity (Wildman–Crippen MR) is 90.5 cm³/mol. The molecule has 0 radical (unpaired) electrons. The maximum absolute atomic E-state index is 12.5. The molecule has 1 aliphatic rings. The third-order valence-corrected chi connectivity index (χ3v) is 4.16. The second-order valence-corrected chi connectivity index (χ2v) is 5.99. The number of amides is 1. The molecule has 3 nitrogen and oxygen atoms in total. The normalized spacial score (nSPS) is 15.0. The molecule has 0 unspecified atom stereocenters. The molecular formula is C19H22N2O. The van der Waals surface area contributed by atoms with Crippen molar-refractivity contribution in [3.8, 4) is 0 Å². The van der Waals surface area contributed by atoms with Gasteiger partial charge in [0.1, 0.15) is 0 Å². The Kier molecular flexibility index (Phi) is 4.14. The number of rotatable bonds is 2. The highest BCUT2D eigenvalue weighted by molar-refractivity contribution is 5.94. The summed E-state index contributed by atoms with van der Waals surface area (Å²) in [6.07, 6.45) is 0. The van der Waals surface area contributed by atoms with Crippen molar-refractivity contribution in [1.82, 2.24) is 4.90 Å². The van der Waals surface area contributed by atoms with E-state index in [9.17, 15) is 4.79 Å². The molecule has 1 aliphatic heterocycles. The van der Waals surface area contributed by atoms with Gasteiger partial charge in [0.2, 0.25) is 0 Å². The molecule has 0 atom stereocenters. The molecular weight excluding hydrogens is 272 g/mol. The smallest absolute Gasteiger partial charge is 0.253 e. The fraction of sp³-hybridized carbons (Fsp3) is 0.316. The van der Waals surface area contributed by atoms with Crippen LogP contribution in [0.3, 0.4) is 0 Å². The molecule has 1 amide bonds. The zero-order valence-electron chi connectivity index (χ0n) is 13.2. The van der Waals surface area contributed by atoms with E-state index in [4.69, 9.17) is 0 Å². The molecule has 0 spiro atoms. The van der Waals surface area contributed by atoms with E-state index in [1.807, 2.05) is 35.2 Å². The number of benzene rings is 2. The van der Waals surface area contributed by atoms with E-state index < -0.39 is 0 Å². The Bertz CT molecular complexity index is 638. The fourth-order valence-corrected chi connectivity index (χ4v) is 3.06. The van der Waals surface area contributed by atoms with Gasteiger partial charge in [-0.25, -0.2) is 0 Å². The van der Waals surface area contributed by atoms with Crippen molar-refractivity contribution in [3.63, 3.8) is 0 Å². The summed E-state index contributed by atoms with van der Waals surface area (Å²) in [6, 6.07) is 16.2. The topological polar surface area (TPSA) is 23.6 Å². The van der Waals surface area contributed by atoms with Gasteiger partial charge in [-0.05, 0) is 49.2 Å². The molecule has 0 N–H and O–H groups in total. The van der Waals surface area contributed by atoms with Crippen molar-refractivity contribution in [1.29, 1.82) is 0 Å². The maximum Gasteiger partial charge on any atom is 0.253 e. The lowest BCUT2D eigenvalue weighted by molar-refractivity contribution is 0.0747. The molecule has 22 heavy (non-hydrogen) atoms. The Labute approximate surface area is 132 Å². The summed E-state index contributed by atoms with van der Waals surface area (Å²) in [5.41, 5.74) is 4.63. The van der Waals surface area contributed by atoms with Crippen LogP contribution in [0.1, 0.15) is 21.5 Å². The van der Waals surface area contributed by atoms with E-state index >= 15 is 0 Å². The molecule has 2 aromatic carbocycles. The monoisotopic (exact) mass is 294 g/mol. The average molecular weight is 294 g/mol. The number of piperazine rings is 1. The van der Waals surface area contributed by atoms with Gasteiger partial charge in [0.15, 0.2) is 0 Å². The fourth-order valence-electron chi connectivity index (χ4n) is 3.06. The third-order valence-electron chi connectivity index (χ3n) is 4.16. The van der Waals surface area contributed by atoms with E-state index in [1.54, 1.807) is 0 Å². The number of carbonyl (C=O) groups is 1. The van der Waals surface area contributed by atoms with Crippen LogP contribution in [0.5, 0.6) is 0 Å². The van der Waals surface area contributed by atoms with Gasteiger partial charge in [0.05, 0.1) is 0 Å². The molecule has 0 saturated carbocycles. The van der Waals surface area contributed by atoms with E-state index in [2.05, 4.69) is 36.9 Å². The number of hydrogen-bond donors (Lipinski definition) is 0. The summed E-state index contributed by atoms with van der Waals surface area (Å²) in [6.45, 7) is 7.60. The van der Waals surface area contributed by atoms with Crippen molar-refractivity contribution in [2.45, 2.75) is 13.8 Å². The first-order valence-corrected chi connectivity index (χ1v) is 7.81. The van der Waals surface area contributed by atoms with Crippen molar-refractivity contribution in [3.05, 3.63) is 65.2 Å². The van der Waals surface area contributed by atoms with Gasteiger partial charge in [-0.1, -0.05) is 24.3 Å². The van der Waals surface area contributed by atoms with Gasteiger partial charge in [0.25, 0.3) is 5.91 Å². The average Bonchev–Trinajstić information content (AvgIpc) is 2.54. The Balaban J connectivity index is 1.66. The van der Waals surface area contributed by atoms with E-state index in [0.29, 0.717) is 0 Å². The number of nitrogens with zero attached hydrogens (tertiary/aromatic N) is 2. The van der Waals surface area contributed by atoms with Crippen LogP contribution in [-0.4, -0.2) is 37.0 Å². The quantitative estimate of drug-likeness (QED) is 0.848. The highest BCUT2D eigenvalue weighted by Gasteiger charge is 2.22. The maximum atomic E-state index is 12.5. The van der Waals surface area contributed by atoms with Crippen LogP contribution in [0.2, 0.25) is 0 Å². The Morgan fingerprint density at radius 3 is 2.05 bits per heavy atom. The van der Waals surface area contributed by atoms with Gasteiger partial charge >= 0.3 is 0 Å². The Morgan fingerprint density at radius 1 is 0.864 bits per heavy atom. The number of anilines is 1. The van der Waals surface area contributed by atoms with Crippen LogP contribution < -0.4 is 4.90 Å². The Morgan fingerprint density at radius 2 is 1.45 bits per heavy atom.